The lowest BCUT2D eigenvalue weighted by Gasteiger charge is -2.05. The number of carbonyl (C=O) groups is 2. The molecule has 0 atom stereocenters. The summed E-state index contributed by atoms with van der Waals surface area (Å²) in [6.45, 7) is 3.66. The van der Waals surface area contributed by atoms with Gasteiger partial charge in [-0.3, -0.25) is 4.79 Å². The molecule has 1 aromatic rings. The Kier molecular flexibility index (Phi) is 6.37. The molecule has 0 saturated carbocycles. The largest absolute Gasteiger partial charge is 0.461 e. The van der Waals surface area contributed by atoms with Crippen molar-refractivity contribution in [2.24, 2.45) is 0 Å². The van der Waals surface area contributed by atoms with Gasteiger partial charge in [0.05, 0.1) is 13.2 Å². The lowest BCUT2D eigenvalue weighted by Crippen LogP contribution is -2.17. The predicted octanol–water partition coefficient (Wildman–Crippen LogP) is -0.0964. The third kappa shape index (κ3) is 4.02. The lowest BCUT2D eigenvalue weighted by molar-refractivity contribution is 0.0511. The van der Waals surface area contributed by atoms with Gasteiger partial charge in [0.15, 0.2) is 5.43 Å². The molecule has 0 unspecified atom stereocenters. The van der Waals surface area contributed by atoms with Crippen molar-refractivity contribution < 1.29 is 24.5 Å². The number of rotatable bonds is 4. The van der Waals surface area contributed by atoms with Crippen LogP contribution in [0.15, 0.2) is 16.9 Å². The van der Waals surface area contributed by atoms with Crippen LogP contribution in [-0.2, 0) is 9.47 Å². The summed E-state index contributed by atoms with van der Waals surface area (Å²) in [5.74, 6) is -1.37. The number of esters is 2. The molecule has 18 heavy (non-hydrogen) atoms. The Morgan fingerprint density at radius 2 is 1.44 bits per heavy atom. The maximum Gasteiger partial charge on any atom is 0.354 e. The molecule has 0 aliphatic heterocycles. The maximum atomic E-state index is 11.4. The predicted molar refractivity (Wildman–Crippen MR) is 62.6 cm³/mol. The van der Waals surface area contributed by atoms with E-state index in [-0.39, 0.29) is 30.1 Å². The monoisotopic (exact) mass is 257 g/mol. The standard InChI is InChI=1S/C11H13NO5.H2O/c1-3-16-10(14)8-5-7(13)6-9(12-8)11(15)17-4-2;/h5-6H,3-4H2,1-2H3,(H,12,13);1H2. The van der Waals surface area contributed by atoms with E-state index in [9.17, 15) is 14.4 Å². The minimum Gasteiger partial charge on any atom is -0.461 e. The van der Waals surface area contributed by atoms with Gasteiger partial charge in [0.25, 0.3) is 0 Å². The molecule has 1 heterocycles. The normalized spacial score (nSPS) is 9.22. The Morgan fingerprint density at radius 1 is 1.06 bits per heavy atom. The molecule has 0 saturated heterocycles. The highest BCUT2D eigenvalue weighted by Gasteiger charge is 2.13. The van der Waals surface area contributed by atoms with Crippen LogP contribution in [0.1, 0.15) is 34.8 Å². The van der Waals surface area contributed by atoms with Gasteiger partial charge >= 0.3 is 11.9 Å². The Hall–Kier alpha value is -2.15. The summed E-state index contributed by atoms with van der Waals surface area (Å²) in [6.07, 6.45) is 0. The van der Waals surface area contributed by atoms with E-state index in [0.29, 0.717) is 0 Å². The lowest BCUT2D eigenvalue weighted by atomic mass is 10.3. The van der Waals surface area contributed by atoms with E-state index in [1.54, 1.807) is 13.8 Å². The summed E-state index contributed by atoms with van der Waals surface area (Å²) in [7, 11) is 0. The minimum absolute atomic E-state index is 0. The van der Waals surface area contributed by atoms with Crippen molar-refractivity contribution in [1.29, 1.82) is 0 Å². The van der Waals surface area contributed by atoms with Crippen LogP contribution in [0.4, 0.5) is 0 Å². The van der Waals surface area contributed by atoms with Crippen molar-refractivity contribution in [3.05, 3.63) is 33.7 Å². The van der Waals surface area contributed by atoms with Gasteiger partial charge in [0.1, 0.15) is 11.4 Å². The second kappa shape index (κ2) is 7.23. The van der Waals surface area contributed by atoms with Gasteiger partial charge in [0, 0.05) is 12.1 Å². The first-order chi connectivity index (χ1) is 8.08. The van der Waals surface area contributed by atoms with Gasteiger partial charge in [-0.25, -0.2) is 9.59 Å². The fourth-order valence-corrected chi connectivity index (χ4v) is 1.18. The molecule has 0 radical (unpaired) electrons. The molecular weight excluding hydrogens is 242 g/mol. The molecule has 0 aliphatic rings. The quantitative estimate of drug-likeness (QED) is 0.756. The van der Waals surface area contributed by atoms with Crippen LogP contribution in [0.3, 0.4) is 0 Å². The molecule has 7 nitrogen and oxygen atoms in total. The summed E-state index contributed by atoms with van der Waals surface area (Å²) in [5.41, 5.74) is -0.598. The highest BCUT2D eigenvalue weighted by Crippen LogP contribution is 2.00. The Morgan fingerprint density at radius 3 is 1.78 bits per heavy atom. The number of nitrogens with one attached hydrogen (secondary N) is 1. The minimum atomic E-state index is -0.684. The molecule has 7 heteroatoms. The van der Waals surface area contributed by atoms with E-state index < -0.39 is 17.4 Å². The van der Waals surface area contributed by atoms with Crippen molar-refractivity contribution in [1.82, 2.24) is 4.98 Å². The second-order valence-electron chi connectivity index (χ2n) is 3.08. The number of H-pyrrole nitrogens is 1. The average Bonchev–Trinajstić information content (AvgIpc) is 2.29. The van der Waals surface area contributed by atoms with E-state index in [1.807, 2.05) is 0 Å². The number of hydrogen-bond donors (Lipinski definition) is 1. The molecule has 1 aromatic heterocycles. The van der Waals surface area contributed by atoms with Gasteiger partial charge in [-0.15, -0.1) is 0 Å². The van der Waals surface area contributed by atoms with Crippen molar-refractivity contribution in [3.63, 3.8) is 0 Å². The first-order valence-electron chi connectivity index (χ1n) is 5.17. The van der Waals surface area contributed by atoms with Crippen LogP contribution < -0.4 is 5.43 Å². The third-order valence-corrected chi connectivity index (χ3v) is 1.83. The molecule has 3 N–H and O–H groups in total. The molecule has 0 fully saturated rings. The van der Waals surface area contributed by atoms with Crippen LogP contribution in [0.25, 0.3) is 0 Å². The van der Waals surface area contributed by atoms with Crippen molar-refractivity contribution in [2.75, 3.05) is 13.2 Å². The summed E-state index contributed by atoms with van der Waals surface area (Å²) < 4.78 is 9.43. The molecule has 0 bridgehead atoms. The van der Waals surface area contributed by atoms with Gasteiger partial charge < -0.3 is 19.9 Å². The summed E-state index contributed by atoms with van der Waals surface area (Å²) in [6, 6.07) is 2.14. The average molecular weight is 257 g/mol. The van der Waals surface area contributed by atoms with Crippen LogP contribution in [0, 0.1) is 0 Å². The fourth-order valence-electron chi connectivity index (χ4n) is 1.18. The molecule has 0 aromatic carbocycles. The van der Waals surface area contributed by atoms with Gasteiger partial charge in [-0.1, -0.05) is 0 Å². The SMILES string of the molecule is CCOC(=O)c1cc(=O)cc(C(=O)OCC)[nH]1.O. The summed E-state index contributed by atoms with van der Waals surface area (Å²) >= 11 is 0. The fraction of sp³-hybridized carbons (Fsp3) is 0.364. The highest BCUT2D eigenvalue weighted by atomic mass is 16.5. The topological polar surface area (TPSA) is 117 Å². The number of hydrogen-bond acceptors (Lipinski definition) is 5. The van der Waals surface area contributed by atoms with Crippen LogP contribution in [0.5, 0.6) is 0 Å². The maximum absolute atomic E-state index is 11.4. The zero-order valence-electron chi connectivity index (χ0n) is 10.1. The number of carbonyl (C=O) groups excluding carboxylic acids is 2. The van der Waals surface area contributed by atoms with E-state index in [4.69, 9.17) is 9.47 Å². The van der Waals surface area contributed by atoms with E-state index in [0.717, 1.165) is 12.1 Å². The van der Waals surface area contributed by atoms with E-state index >= 15 is 0 Å². The van der Waals surface area contributed by atoms with Crippen molar-refractivity contribution in [2.45, 2.75) is 13.8 Å². The number of ether oxygens (including phenoxy) is 2. The molecule has 1 rings (SSSR count). The Bertz CT molecular complexity index is 439. The van der Waals surface area contributed by atoms with Gasteiger partial charge in [0.2, 0.25) is 0 Å². The van der Waals surface area contributed by atoms with Crippen LogP contribution in [0.2, 0.25) is 0 Å². The van der Waals surface area contributed by atoms with Gasteiger partial charge in [-0.2, -0.15) is 0 Å². The van der Waals surface area contributed by atoms with Crippen LogP contribution >= 0.6 is 0 Å². The van der Waals surface area contributed by atoms with E-state index in [1.165, 1.54) is 0 Å². The molecule has 100 valence electrons. The van der Waals surface area contributed by atoms with Crippen molar-refractivity contribution >= 4 is 11.9 Å². The first kappa shape index (κ1) is 15.9. The van der Waals surface area contributed by atoms with Crippen molar-refractivity contribution in [3.8, 4) is 0 Å². The number of aromatic nitrogens is 1. The summed E-state index contributed by atoms with van der Waals surface area (Å²) in [5, 5.41) is 0. The third-order valence-electron chi connectivity index (χ3n) is 1.83. The van der Waals surface area contributed by atoms with E-state index in [2.05, 4.69) is 4.98 Å². The molecule has 0 amide bonds. The van der Waals surface area contributed by atoms with Crippen LogP contribution in [-0.4, -0.2) is 35.6 Å². The summed E-state index contributed by atoms with van der Waals surface area (Å²) in [4.78, 5) is 36.6. The van der Waals surface area contributed by atoms with Gasteiger partial charge in [-0.05, 0) is 13.8 Å². The molecular formula is C11H15NO6. The number of pyridine rings is 1. The number of aromatic amines is 1. The second-order valence-corrected chi connectivity index (χ2v) is 3.08. The highest BCUT2D eigenvalue weighted by molar-refractivity contribution is 5.91. The smallest absolute Gasteiger partial charge is 0.354 e. The molecule has 0 aliphatic carbocycles. The Balaban J connectivity index is 0.00000289. The zero-order valence-corrected chi connectivity index (χ0v) is 10.1. The zero-order chi connectivity index (χ0) is 12.8. The molecule has 0 spiro atoms. The Labute approximate surface area is 103 Å². The first-order valence-corrected chi connectivity index (χ1v) is 5.17.